The quantitative estimate of drug-likeness (QED) is 0.732. The van der Waals surface area contributed by atoms with Crippen LogP contribution in [0, 0.1) is 0 Å². The summed E-state index contributed by atoms with van der Waals surface area (Å²) in [7, 11) is 3.18. The molecule has 0 fully saturated rings. The van der Waals surface area contributed by atoms with Gasteiger partial charge in [-0.15, -0.1) is 0 Å². The van der Waals surface area contributed by atoms with Gasteiger partial charge in [0.25, 0.3) is 0 Å². The highest BCUT2D eigenvalue weighted by Crippen LogP contribution is 2.28. The standard InChI is InChI=1S/C21H25NO3/c1-5-15(2)17-8-6-7-9-18(17)22-21(23)13-11-16-10-12-19(24-3)20(14-16)25-4/h6-15H,5H2,1-4H3,(H,22,23)/b13-11+/t15-/m1/s1. The van der Waals surface area contributed by atoms with Crippen LogP contribution in [-0.2, 0) is 4.79 Å². The van der Waals surface area contributed by atoms with Gasteiger partial charge in [-0.3, -0.25) is 4.79 Å². The number of hydrogen-bond donors (Lipinski definition) is 1. The smallest absolute Gasteiger partial charge is 0.248 e. The van der Waals surface area contributed by atoms with Gasteiger partial charge in [-0.2, -0.15) is 0 Å². The molecule has 0 spiro atoms. The minimum Gasteiger partial charge on any atom is -0.493 e. The summed E-state index contributed by atoms with van der Waals surface area (Å²) < 4.78 is 10.5. The van der Waals surface area contributed by atoms with E-state index in [4.69, 9.17) is 9.47 Å². The van der Waals surface area contributed by atoms with Crippen LogP contribution in [0.3, 0.4) is 0 Å². The number of carbonyl (C=O) groups excluding carboxylic acids is 1. The molecule has 1 amide bonds. The minimum absolute atomic E-state index is 0.162. The van der Waals surface area contributed by atoms with Crippen LogP contribution >= 0.6 is 0 Å². The third kappa shape index (κ3) is 4.86. The van der Waals surface area contributed by atoms with Crippen LogP contribution in [0.15, 0.2) is 48.5 Å². The molecule has 1 atom stereocenters. The molecule has 0 aliphatic rings. The van der Waals surface area contributed by atoms with Gasteiger partial charge in [-0.1, -0.05) is 38.1 Å². The van der Waals surface area contributed by atoms with Gasteiger partial charge in [-0.05, 0) is 47.7 Å². The van der Waals surface area contributed by atoms with E-state index in [1.807, 2.05) is 36.4 Å². The van der Waals surface area contributed by atoms with Crippen molar-refractivity contribution in [1.82, 2.24) is 0 Å². The minimum atomic E-state index is -0.162. The van der Waals surface area contributed by atoms with Crippen LogP contribution in [0.1, 0.15) is 37.3 Å². The zero-order valence-corrected chi connectivity index (χ0v) is 15.2. The van der Waals surface area contributed by atoms with Crippen molar-refractivity contribution in [3.8, 4) is 11.5 Å². The predicted octanol–water partition coefficient (Wildman–Crippen LogP) is 4.87. The number of para-hydroxylation sites is 1. The summed E-state index contributed by atoms with van der Waals surface area (Å²) in [5.74, 6) is 1.52. The maximum Gasteiger partial charge on any atom is 0.248 e. The number of anilines is 1. The Kier molecular flexibility index (Phi) is 6.63. The van der Waals surface area contributed by atoms with E-state index in [1.165, 1.54) is 6.08 Å². The molecule has 25 heavy (non-hydrogen) atoms. The van der Waals surface area contributed by atoms with Gasteiger partial charge in [-0.25, -0.2) is 0 Å². The summed E-state index contributed by atoms with van der Waals surface area (Å²) in [5.41, 5.74) is 2.87. The Hall–Kier alpha value is -2.75. The molecule has 0 bridgehead atoms. The molecule has 132 valence electrons. The summed E-state index contributed by atoms with van der Waals surface area (Å²) in [6.07, 6.45) is 4.30. The predicted molar refractivity (Wildman–Crippen MR) is 102 cm³/mol. The largest absolute Gasteiger partial charge is 0.493 e. The fourth-order valence-electron chi connectivity index (χ4n) is 2.56. The zero-order valence-electron chi connectivity index (χ0n) is 15.2. The molecule has 2 rings (SSSR count). The second kappa shape index (κ2) is 8.92. The van der Waals surface area contributed by atoms with Crippen molar-refractivity contribution >= 4 is 17.7 Å². The summed E-state index contributed by atoms with van der Waals surface area (Å²) in [6, 6.07) is 13.4. The molecule has 2 aromatic carbocycles. The third-order valence-electron chi connectivity index (χ3n) is 4.20. The van der Waals surface area contributed by atoms with Crippen LogP contribution in [-0.4, -0.2) is 20.1 Å². The lowest BCUT2D eigenvalue weighted by atomic mass is 9.97. The van der Waals surface area contributed by atoms with E-state index in [2.05, 4.69) is 25.2 Å². The highest BCUT2D eigenvalue weighted by atomic mass is 16.5. The number of carbonyl (C=O) groups is 1. The van der Waals surface area contributed by atoms with Crippen molar-refractivity contribution in [3.05, 3.63) is 59.7 Å². The first kappa shape index (κ1) is 18.6. The lowest BCUT2D eigenvalue weighted by molar-refractivity contribution is -0.111. The van der Waals surface area contributed by atoms with Crippen LogP contribution in [0.25, 0.3) is 6.08 Å². The van der Waals surface area contributed by atoms with Gasteiger partial charge in [0, 0.05) is 11.8 Å². The van der Waals surface area contributed by atoms with E-state index >= 15 is 0 Å². The van der Waals surface area contributed by atoms with Gasteiger partial charge in [0.1, 0.15) is 0 Å². The first-order chi connectivity index (χ1) is 12.1. The molecular formula is C21H25NO3. The number of methoxy groups -OCH3 is 2. The summed E-state index contributed by atoms with van der Waals surface area (Å²) in [5, 5.41) is 2.97. The van der Waals surface area contributed by atoms with Crippen LogP contribution in [0.2, 0.25) is 0 Å². The molecule has 1 N–H and O–H groups in total. The number of ether oxygens (including phenoxy) is 2. The summed E-state index contributed by atoms with van der Waals surface area (Å²) >= 11 is 0. The Morgan fingerprint density at radius 1 is 1.12 bits per heavy atom. The van der Waals surface area contributed by atoms with E-state index in [9.17, 15) is 4.79 Å². The fourth-order valence-corrected chi connectivity index (χ4v) is 2.56. The van der Waals surface area contributed by atoms with Crippen molar-refractivity contribution in [2.24, 2.45) is 0 Å². The average molecular weight is 339 g/mol. The first-order valence-corrected chi connectivity index (χ1v) is 8.39. The Balaban J connectivity index is 2.12. The first-order valence-electron chi connectivity index (χ1n) is 8.39. The normalized spacial score (nSPS) is 12.0. The molecule has 0 heterocycles. The molecule has 0 aromatic heterocycles. The maximum absolute atomic E-state index is 12.3. The number of rotatable bonds is 7. The molecule has 0 aliphatic carbocycles. The van der Waals surface area contributed by atoms with Crippen LogP contribution in [0.5, 0.6) is 11.5 Å². The molecule has 4 heteroatoms. The van der Waals surface area contributed by atoms with E-state index in [1.54, 1.807) is 20.3 Å². The summed E-state index contributed by atoms with van der Waals surface area (Å²) in [6.45, 7) is 4.30. The van der Waals surface area contributed by atoms with E-state index < -0.39 is 0 Å². The molecule has 2 aromatic rings. The second-order valence-electron chi connectivity index (χ2n) is 5.83. The van der Waals surface area contributed by atoms with Gasteiger partial charge in [0.2, 0.25) is 5.91 Å². The number of amides is 1. The lowest BCUT2D eigenvalue weighted by Gasteiger charge is -2.14. The Morgan fingerprint density at radius 3 is 2.52 bits per heavy atom. The van der Waals surface area contributed by atoms with Gasteiger partial charge >= 0.3 is 0 Å². The topological polar surface area (TPSA) is 47.6 Å². The number of hydrogen-bond acceptors (Lipinski definition) is 3. The van der Waals surface area contributed by atoms with Gasteiger partial charge in [0.15, 0.2) is 11.5 Å². The second-order valence-corrected chi connectivity index (χ2v) is 5.83. The summed E-state index contributed by atoms with van der Waals surface area (Å²) in [4.78, 5) is 12.3. The van der Waals surface area contributed by atoms with Gasteiger partial charge < -0.3 is 14.8 Å². The Labute approximate surface area is 149 Å². The number of benzene rings is 2. The van der Waals surface area contributed by atoms with E-state index in [0.717, 1.165) is 23.2 Å². The third-order valence-corrected chi connectivity index (χ3v) is 4.20. The van der Waals surface area contributed by atoms with Gasteiger partial charge in [0.05, 0.1) is 14.2 Å². The van der Waals surface area contributed by atoms with Crippen molar-refractivity contribution in [2.45, 2.75) is 26.2 Å². The molecule has 0 aliphatic heterocycles. The SMILES string of the molecule is CC[C@@H](C)c1ccccc1NC(=O)/C=C/c1ccc(OC)c(OC)c1. The molecular weight excluding hydrogens is 314 g/mol. The molecule has 0 unspecified atom stereocenters. The Morgan fingerprint density at radius 2 is 1.84 bits per heavy atom. The number of nitrogens with one attached hydrogen (secondary N) is 1. The maximum atomic E-state index is 12.3. The highest BCUT2D eigenvalue weighted by molar-refractivity contribution is 6.02. The fraction of sp³-hybridized carbons (Fsp3) is 0.286. The zero-order chi connectivity index (χ0) is 18.2. The highest BCUT2D eigenvalue weighted by Gasteiger charge is 2.09. The van der Waals surface area contributed by atoms with E-state index in [0.29, 0.717) is 17.4 Å². The van der Waals surface area contributed by atoms with E-state index in [-0.39, 0.29) is 5.91 Å². The molecule has 4 nitrogen and oxygen atoms in total. The van der Waals surface area contributed by atoms with Crippen LogP contribution < -0.4 is 14.8 Å². The lowest BCUT2D eigenvalue weighted by Crippen LogP contribution is -2.10. The van der Waals surface area contributed by atoms with Crippen molar-refractivity contribution in [1.29, 1.82) is 0 Å². The van der Waals surface area contributed by atoms with Crippen molar-refractivity contribution in [2.75, 3.05) is 19.5 Å². The average Bonchev–Trinajstić information content (AvgIpc) is 2.65. The molecule has 0 saturated heterocycles. The molecule has 0 radical (unpaired) electrons. The monoisotopic (exact) mass is 339 g/mol. The molecule has 0 saturated carbocycles. The van der Waals surface area contributed by atoms with Crippen molar-refractivity contribution < 1.29 is 14.3 Å². The van der Waals surface area contributed by atoms with Crippen LogP contribution in [0.4, 0.5) is 5.69 Å². The van der Waals surface area contributed by atoms with Crippen molar-refractivity contribution in [3.63, 3.8) is 0 Å². The Bertz CT molecular complexity index is 753.